The summed E-state index contributed by atoms with van der Waals surface area (Å²) in [6.07, 6.45) is 3.17. The summed E-state index contributed by atoms with van der Waals surface area (Å²) in [6, 6.07) is 0. The number of nitrogens with one attached hydrogen (secondary N) is 2. The van der Waals surface area contributed by atoms with E-state index in [0.717, 1.165) is 19.6 Å². The normalized spacial score (nSPS) is 21.1. The van der Waals surface area contributed by atoms with Crippen LogP contribution in [0.3, 0.4) is 0 Å². The molecule has 1 amide bonds. The average molecular weight is 216 g/mol. The van der Waals surface area contributed by atoms with Crippen LogP contribution in [0.15, 0.2) is 0 Å². The minimum Gasteiger partial charge on any atom is -0.355 e. The molecule has 0 radical (unpaired) electrons. The summed E-state index contributed by atoms with van der Waals surface area (Å²) in [5.41, 5.74) is 0. The molecule has 1 saturated heterocycles. The molecule has 1 unspecified atom stereocenters. The van der Waals surface area contributed by atoms with Gasteiger partial charge in [-0.05, 0) is 25.1 Å². The first-order valence-electron chi connectivity index (χ1n) is 5.42. The third kappa shape index (κ3) is 4.86. The summed E-state index contributed by atoms with van der Waals surface area (Å²) >= 11 is 1.98. The van der Waals surface area contributed by atoms with Crippen molar-refractivity contribution in [3.8, 4) is 0 Å². The standard InChI is InChI=1S/C10H20N2OS/c1-2-11-6-5-10(13)12-8-9-4-3-7-14-9/h9,11H,2-8H2,1H3,(H,12,13). The molecule has 82 valence electrons. The maximum Gasteiger partial charge on any atom is 0.221 e. The molecule has 3 nitrogen and oxygen atoms in total. The topological polar surface area (TPSA) is 41.1 Å². The van der Waals surface area contributed by atoms with Crippen LogP contribution in [0.25, 0.3) is 0 Å². The lowest BCUT2D eigenvalue weighted by molar-refractivity contribution is -0.120. The van der Waals surface area contributed by atoms with E-state index >= 15 is 0 Å². The van der Waals surface area contributed by atoms with E-state index in [1.54, 1.807) is 0 Å². The van der Waals surface area contributed by atoms with Gasteiger partial charge in [0.2, 0.25) is 5.91 Å². The first-order valence-corrected chi connectivity index (χ1v) is 6.47. The van der Waals surface area contributed by atoms with Crippen molar-refractivity contribution in [3.05, 3.63) is 0 Å². The zero-order valence-corrected chi connectivity index (χ0v) is 9.66. The van der Waals surface area contributed by atoms with Crippen LogP contribution >= 0.6 is 11.8 Å². The van der Waals surface area contributed by atoms with Crippen LogP contribution in [-0.2, 0) is 4.79 Å². The fourth-order valence-electron chi connectivity index (χ4n) is 1.50. The fourth-order valence-corrected chi connectivity index (χ4v) is 2.70. The van der Waals surface area contributed by atoms with Gasteiger partial charge in [0.25, 0.3) is 0 Å². The molecule has 0 aromatic carbocycles. The number of carbonyl (C=O) groups excluding carboxylic acids is 1. The summed E-state index contributed by atoms with van der Waals surface area (Å²) < 4.78 is 0. The van der Waals surface area contributed by atoms with Gasteiger partial charge in [-0.15, -0.1) is 0 Å². The van der Waals surface area contributed by atoms with Gasteiger partial charge in [-0.1, -0.05) is 6.92 Å². The highest BCUT2D eigenvalue weighted by Crippen LogP contribution is 2.25. The maximum atomic E-state index is 11.3. The summed E-state index contributed by atoms with van der Waals surface area (Å²) in [6.45, 7) is 4.63. The lowest BCUT2D eigenvalue weighted by Crippen LogP contribution is -2.32. The van der Waals surface area contributed by atoms with E-state index in [0.29, 0.717) is 11.7 Å². The van der Waals surface area contributed by atoms with Gasteiger partial charge in [-0.3, -0.25) is 4.79 Å². The van der Waals surface area contributed by atoms with Crippen LogP contribution in [0, 0.1) is 0 Å². The van der Waals surface area contributed by atoms with E-state index in [1.807, 2.05) is 18.7 Å². The molecule has 0 aliphatic carbocycles. The average Bonchev–Trinajstić information content (AvgIpc) is 2.68. The highest BCUT2D eigenvalue weighted by Gasteiger charge is 2.15. The molecular formula is C10H20N2OS. The number of carbonyl (C=O) groups is 1. The number of hydrogen-bond acceptors (Lipinski definition) is 3. The first-order chi connectivity index (χ1) is 6.83. The molecule has 1 atom stereocenters. The molecule has 0 bridgehead atoms. The second-order valence-electron chi connectivity index (χ2n) is 3.54. The Bertz CT molecular complexity index is 170. The van der Waals surface area contributed by atoms with Gasteiger partial charge in [0.1, 0.15) is 0 Å². The molecule has 4 heteroatoms. The van der Waals surface area contributed by atoms with Gasteiger partial charge in [0.15, 0.2) is 0 Å². The van der Waals surface area contributed by atoms with Gasteiger partial charge in [0.05, 0.1) is 0 Å². The van der Waals surface area contributed by atoms with Crippen molar-refractivity contribution in [1.82, 2.24) is 10.6 Å². The Morgan fingerprint density at radius 2 is 2.43 bits per heavy atom. The van der Waals surface area contributed by atoms with Gasteiger partial charge in [-0.2, -0.15) is 11.8 Å². The fraction of sp³-hybridized carbons (Fsp3) is 0.900. The Kier molecular flexibility index (Phi) is 6.03. The van der Waals surface area contributed by atoms with Gasteiger partial charge in [0, 0.05) is 24.8 Å². The number of hydrogen-bond donors (Lipinski definition) is 2. The van der Waals surface area contributed by atoms with Crippen molar-refractivity contribution in [3.63, 3.8) is 0 Å². The van der Waals surface area contributed by atoms with E-state index in [9.17, 15) is 4.79 Å². The van der Waals surface area contributed by atoms with Crippen molar-refractivity contribution in [2.24, 2.45) is 0 Å². The molecule has 2 N–H and O–H groups in total. The van der Waals surface area contributed by atoms with Crippen LogP contribution in [-0.4, -0.2) is 36.5 Å². The van der Waals surface area contributed by atoms with E-state index in [2.05, 4.69) is 10.6 Å². The summed E-state index contributed by atoms with van der Waals surface area (Å²) in [4.78, 5) is 11.3. The predicted molar refractivity (Wildman–Crippen MR) is 61.7 cm³/mol. The third-order valence-electron chi connectivity index (χ3n) is 2.33. The van der Waals surface area contributed by atoms with Crippen molar-refractivity contribution in [2.75, 3.05) is 25.4 Å². The number of rotatable bonds is 6. The molecule has 0 saturated carbocycles. The van der Waals surface area contributed by atoms with Gasteiger partial charge in [-0.25, -0.2) is 0 Å². The second kappa shape index (κ2) is 7.12. The Hall–Kier alpha value is -0.220. The highest BCUT2D eigenvalue weighted by atomic mass is 32.2. The molecule has 1 heterocycles. The zero-order chi connectivity index (χ0) is 10.2. The summed E-state index contributed by atoms with van der Waals surface area (Å²) in [7, 11) is 0. The van der Waals surface area contributed by atoms with E-state index in [4.69, 9.17) is 0 Å². The SMILES string of the molecule is CCNCCC(=O)NCC1CCCS1. The Balaban J connectivity index is 1.96. The van der Waals surface area contributed by atoms with Gasteiger partial charge >= 0.3 is 0 Å². The minimum atomic E-state index is 0.179. The van der Waals surface area contributed by atoms with Crippen molar-refractivity contribution >= 4 is 17.7 Å². The van der Waals surface area contributed by atoms with Crippen LogP contribution in [0.4, 0.5) is 0 Å². The minimum absolute atomic E-state index is 0.179. The number of thioether (sulfide) groups is 1. The van der Waals surface area contributed by atoms with Gasteiger partial charge < -0.3 is 10.6 Å². The Labute approximate surface area is 90.4 Å². The molecule has 0 aromatic rings. The van der Waals surface area contributed by atoms with Crippen molar-refractivity contribution < 1.29 is 4.79 Å². The molecule has 1 aliphatic heterocycles. The molecule has 1 aliphatic rings. The van der Waals surface area contributed by atoms with Crippen LogP contribution in [0.5, 0.6) is 0 Å². The molecule has 0 spiro atoms. The third-order valence-corrected chi connectivity index (χ3v) is 3.73. The lowest BCUT2D eigenvalue weighted by atomic mass is 10.2. The smallest absolute Gasteiger partial charge is 0.221 e. The molecular weight excluding hydrogens is 196 g/mol. The molecule has 1 fully saturated rings. The van der Waals surface area contributed by atoms with E-state index in [1.165, 1.54) is 18.6 Å². The Morgan fingerprint density at radius 3 is 3.07 bits per heavy atom. The highest BCUT2D eigenvalue weighted by molar-refractivity contribution is 8.00. The maximum absolute atomic E-state index is 11.3. The quantitative estimate of drug-likeness (QED) is 0.651. The van der Waals surface area contributed by atoms with Crippen molar-refractivity contribution in [2.45, 2.75) is 31.4 Å². The van der Waals surface area contributed by atoms with Crippen LogP contribution < -0.4 is 10.6 Å². The summed E-state index contributed by atoms with van der Waals surface area (Å²) in [5.74, 6) is 1.44. The monoisotopic (exact) mass is 216 g/mol. The lowest BCUT2D eigenvalue weighted by Gasteiger charge is -2.09. The second-order valence-corrected chi connectivity index (χ2v) is 4.95. The van der Waals surface area contributed by atoms with Crippen LogP contribution in [0.2, 0.25) is 0 Å². The molecule has 1 rings (SSSR count). The molecule has 0 aromatic heterocycles. The first kappa shape index (κ1) is 11.9. The Morgan fingerprint density at radius 1 is 1.57 bits per heavy atom. The number of amides is 1. The predicted octanol–water partition coefficient (Wildman–Crippen LogP) is 0.998. The largest absolute Gasteiger partial charge is 0.355 e. The van der Waals surface area contributed by atoms with E-state index in [-0.39, 0.29) is 5.91 Å². The van der Waals surface area contributed by atoms with Crippen LogP contribution in [0.1, 0.15) is 26.2 Å². The van der Waals surface area contributed by atoms with Crippen molar-refractivity contribution in [1.29, 1.82) is 0 Å². The zero-order valence-electron chi connectivity index (χ0n) is 8.84. The molecule has 14 heavy (non-hydrogen) atoms. The van der Waals surface area contributed by atoms with E-state index < -0.39 is 0 Å². The summed E-state index contributed by atoms with van der Waals surface area (Å²) in [5, 5.41) is 6.79.